The van der Waals surface area contributed by atoms with E-state index in [1.54, 1.807) is 18.2 Å². The maximum absolute atomic E-state index is 12.2. The van der Waals surface area contributed by atoms with E-state index in [0.717, 1.165) is 6.20 Å². The monoisotopic (exact) mass is 328 g/mol. The summed E-state index contributed by atoms with van der Waals surface area (Å²) in [6.45, 7) is 0. The van der Waals surface area contributed by atoms with E-state index in [0.29, 0.717) is 0 Å². The highest BCUT2D eigenvalue weighted by Gasteiger charge is 2.18. The van der Waals surface area contributed by atoms with Gasteiger partial charge in [-0.05, 0) is 12.1 Å². The van der Waals surface area contributed by atoms with Crippen LogP contribution in [0.4, 0.5) is 5.69 Å². The summed E-state index contributed by atoms with van der Waals surface area (Å²) in [4.78, 5) is 3.75. The van der Waals surface area contributed by atoms with Crippen molar-refractivity contribution in [2.45, 2.75) is 4.90 Å². The summed E-state index contributed by atoms with van der Waals surface area (Å²) >= 11 is 5.81. The second kappa shape index (κ2) is 6.31. The van der Waals surface area contributed by atoms with Gasteiger partial charge in [0, 0.05) is 6.07 Å². The molecule has 0 saturated carbocycles. The maximum Gasteiger partial charge on any atom is 0.707 e. The minimum absolute atomic E-state index is 0.0429. The zero-order valence-electron chi connectivity index (χ0n) is 10.5. The lowest BCUT2D eigenvalue weighted by atomic mass is 10.2. The Balaban J connectivity index is 2.30. The second-order valence-electron chi connectivity index (χ2n) is 3.87. The molecule has 0 fully saturated rings. The third kappa shape index (κ3) is 4.08. The smallest absolute Gasteiger partial charge is 0.511 e. The first kappa shape index (κ1) is 15.6. The van der Waals surface area contributed by atoms with Crippen LogP contribution in [-0.2, 0) is 10.0 Å². The molecule has 110 valence electrons. The van der Waals surface area contributed by atoms with Gasteiger partial charge in [0.15, 0.2) is 5.15 Å². The molecule has 0 radical (unpaired) electrons. The van der Waals surface area contributed by atoms with Gasteiger partial charge in [0.05, 0.1) is 16.8 Å². The van der Waals surface area contributed by atoms with Crippen molar-refractivity contribution >= 4 is 34.6 Å². The second-order valence-corrected chi connectivity index (χ2v) is 5.91. The Labute approximate surface area is 126 Å². The molecule has 0 unspecified atom stereocenters. The summed E-state index contributed by atoms with van der Waals surface area (Å²) in [5, 5.41) is 17.3. The Hall–Kier alpha value is -1.81. The van der Waals surface area contributed by atoms with Crippen LogP contribution in [0.15, 0.2) is 47.5 Å². The van der Waals surface area contributed by atoms with Gasteiger partial charge in [0.25, 0.3) is 10.0 Å². The van der Waals surface area contributed by atoms with Crippen molar-refractivity contribution in [3.63, 3.8) is 0 Å². The Kier molecular flexibility index (Phi) is 4.68. The standard InChI is InChI=1S/C11H10BClN2O5S/c13-11-10(6-8(7-14-11)20-12(16)17)15-21(18,19)9-4-2-1-3-5-9/h1-7,15-17H. The van der Waals surface area contributed by atoms with Crippen LogP contribution < -0.4 is 9.38 Å². The van der Waals surface area contributed by atoms with E-state index in [1.165, 1.54) is 18.2 Å². The van der Waals surface area contributed by atoms with Crippen molar-refractivity contribution in [1.29, 1.82) is 0 Å². The first-order valence-corrected chi connectivity index (χ1v) is 7.51. The van der Waals surface area contributed by atoms with Gasteiger partial charge in [0.2, 0.25) is 0 Å². The van der Waals surface area contributed by atoms with E-state index in [4.69, 9.17) is 21.6 Å². The van der Waals surface area contributed by atoms with E-state index in [-0.39, 0.29) is 21.5 Å². The molecule has 0 spiro atoms. The Morgan fingerprint density at radius 1 is 1.24 bits per heavy atom. The van der Waals surface area contributed by atoms with Crippen LogP contribution in [0.25, 0.3) is 0 Å². The lowest BCUT2D eigenvalue weighted by Gasteiger charge is -2.11. The van der Waals surface area contributed by atoms with Gasteiger partial charge in [-0.25, -0.2) is 13.4 Å². The molecule has 0 amide bonds. The predicted octanol–water partition coefficient (Wildman–Crippen LogP) is 0.884. The lowest BCUT2D eigenvalue weighted by molar-refractivity contribution is 0.288. The topological polar surface area (TPSA) is 109 Å². The molecule has 0 aliphatic carbocycles. The molecule has 0 aliphatic heterocycles. The highest BCUT2D eigenvalue weighted by molar-refractivity contribution is 7.92. The van der Waals surface area contributed by atoms with Crippen molar-refractivity contribution in [3.05, 3.63) is 47.7 Å². The number of nitrogens with one attached hydrogen (secondary N) is 1. The number of aromatic nitrogens is 1. The van der Waals surface area contributed by atoms with E-state index in [2.05, 4.69) is 14.4 Å². The number of nitrogens with zero attached hydrogens (tertiary/aromatic N) is 1. The number of anilines is 1. The third-order valence-corrected chi connectivity index (χ3v) is 4.04. The van der Waals surface area contributed by atoms with Crippen molar-refractivity contribution in [1.82, 2.24) is 4.98 Å². The van der Waals surface area contributed by atoms with Crippen LogP contribution in [0.3, 0.4) is 0 Å². The van der Waals surface area contributed by atoms with Crippen molar-refractivity contribution < 1.29 is 23.1 Å². The molecule has 0 saturated heterocycles. The fourth-order valence-corrected chi connectivity index (χ4v) is 2.78. The molecular formula is C11H10BClN2O5S. The van der Waals surface area contributed by atoms with E-state index >= 15 is 0 Å². The molecular weight excluding hydrogens is 318 g/mol. The molecule has 1 aromatic heterocycles. The van der Waals surface area contributed by atoms with E-state index < -0.39 is 17.3 Å². The van der Waals surface area contributed by atoms with Gasteiger partial charge in [0.1, 0.15) is 5.75 Å². The third-order valence-electron chi connectivity index (χ3n) is 2.35. The van der Waals surface area contributed by atoms with Gasteiger partial charge in [-0.15, -0.1) is 0 Å². The van der Waals surface area contributed by atoms with Crippen LogP contribution in [0.2, 0.25) is 5.15 Å². The molecule has 1 heterocycles. The van der Waals surface area contributed by atoms with Crippen LogP contribution in [-0.4, -0.2) is 30.8 Å². The fourth-order valence-electron chi connectivity index (χ4n) is 1.49. The summed E-state index contributed by atoms with van der Waals surface area (Å²) in [5.74, 6) is -0.0554. The zero-order valence-corrected chi connectivity index (χ0v) is 12.0. The van der Waals surface area contributed by atoms with Crippen LogP contribution in [0.1, 0.15) is 0 Å². The van der Waals surface area contributed by atoms with Gasteiger partial charge < -0.3 is 14.7 Å². The van der Waals surface area contributed by atoms with E-state index in [9.17, 15) is 8.42 Å². The largest absolute Gasteiger partial charge is 0.707 e. The number of benzene rings is 1. The minimum atomic E-state index is -3.84. The SMILES string of the molecule is O=S(=O)(Nc1cc(OB(O)O)cnc1Cl)c1ccccc1. The molecule has 10 heteroatoms. The van der Waals surface area contributed by atoms with Gasteiger partial charge in [-0.2, -0.15) is 0 Å². The summed E-state index contributed by atoms with van der Waals surface area (Å²) in [5.41, 5.74) is -0.0429. The molecule has 2 rings (SSSR count). The molecule has 7 nitrogen and oxygen atoms in total. The predicted molar refractivity (Wildman–Crippen MR) is 77.3 cm³/mol. The first-order chi connectivity index (χ1) is 9.88. The minimum Gasteiger partial charge on any atom is -0.511 e. The average molecular weight is 329 g/mol. The number of pyridine rings is 1. The van der Waals surface area contributed by atoms with Crippen molar-refractivity contribution in [2.75, 3.05) is 4.72 Å². The average Bonchev–Trinajstić information content (AvgIpc) is 2.43. The van der Waals surface area contributed by atoms with Crippen molar-refractivity contribution in [3.8, 4) is 5.75 Å². The van der Waals surface area contributed by atoms with Crippen LogP contribution in [0, 0.1) is 0 Å². The molecule has 3 N–H and O–H groups in total. The van der Waals surface area contributed by atoms with Crippen LogP contribution >= 0.6 is 11.6 Å². The number of hydrogen-bond donors (Lipinski definition) is 3. The van der Waals surface area contributed by atoms with Crippen molar-refractivity contribution in [2.24, 2.45) is 0 Å². The molecule has 2 aromatic rings. The Morgan fingerprint density at radius 2 is 1.90 bits per heavy atom. The first-order valence-electron chi connectivity index (χ1n) is 5.65. The quantitative estimate of drug-likeness (QED) is 0.555. The lowest BCUT2D eigenvalue weighted by Crippen LogP contribution is -2.21. The van der Waals surface area contributed by atoms with Crippen LogP contribution in [0.5, 0.6) is 5.75 Å². The Bertz CT molecular complexity index is 727. The van der Waals surface area contributed by atoms with Gasteiger partial charge in [-0.1, -0.05) is 29.8 Å². The summed E-state index contributed by atoms with van der Waals surface area (Å²) < 4.78 is 31.1. The number of hydrogen-bond acceptors (Lipinski definition) is 6. The van der Waals surface area contributed by atoms with Gasteiger partial charge >= 0.3 is 7.32 Å². The highest BCUT2D eigenvalue weighted by Crippen LogP contribution is 2.26. The number of rotatable bonds is 5. The molecule has 0 bridgehead atoms. The summed E-state index contributed by atoms with van der Waals surface area (Å²) in [7, 11) is -5.89. The molecule has 0 atom stereocenters. The summed E-state index contributed by atoms with van der Waals surface area (Å²) in [6.07, 6.45) is 1.13. The zero-order chi connectivity index (χ0) is 15.5. The highest BCUT2D eigenvalue weighted by atomic mass is 35.5. The molecule has 1 aromatic carbocycles. The Morgan fingerprint density at radius 3 is 2.52 bits per heavy atom. The van der Waals surface area contributed by atoms with E-state index in [1.807, 2.05) is 0 Å². The van der Waals surface area contributed by atoms with Gasteiger partial charge in [-0.3, -0.25) is 4.72 Å². The fraction of sp³-hybridized carbons (Fsp3) is 0. The molecule has 0 aliphatic rings. The maximum atomic E-state index is 12.2. The summed E-state index contributed by atoms with van der Waals surface area (Å²) in [6, 6.07) is 8.87. The number of halogens is 1. The number of sulfonamides is 1. The normalized spacial score (nSPS) is 11.0. The molecule has 21 heavy (non-hydrogen) atoms.